The lowest BCUT2D eigenvalue weighted by atomic mass is 9.95. The fourth-order valence-electron chi connectivity index (χ4n) is 6.49. The van der Waals surface area contributed by atoms with Gasteiger partial charge in [0.15, 0.2) is 0 Å². The summed E-state index contributed by atoms with van der Waals surface area (Å²) in [6.07, 6.45) is 5.13. The predicted molar refractivity (Wildman–Crippen MR) is 145 cm³/mol. The van der Waals surface area contributed by atoms with Crippen LogP contribution in [0.15, 0.2) is 30.5 Å². The molecule has 0 aromatic heterocycles. The van der Waals surface area contributed by atoms with Crippen molar-refractivity contribution in [1.82, 2.24) is 9.80 Å². The van der Waals surface area contributed by atoms with E-state index >= 15 is 0 Å². The molecular weight excluding hydrogens is 491 g/mol. The molecule has 3 aliphatic rings. The Bertz CT molecular complexity index is 953. The SMILES string of the molecule is C=C(C1CCN(C2CCCC2)C1)N(CCCC)Cc1ccc(C(F)(F)F)cc1N1CCC(C(=O)OC)CC1. The number of hydrogen-bond acceptors (Lipinski definition) is 5. The number of unbranched alkanes of at least 4 members (excludes halogenated alkanes) is 1. The van der Waals surface area contributed by atoms with E-state index in [-0.39, 0.29) is 11.9 Å². The second kappa shape index (κ2) is 12.8. The van der Waals surface area contributed by atoms with Gasteiger partial charge in [-0.1, -0.05) is 38.8 Å². The van der Waals surface area contributed by atoms with Crippen LogP contribution in [0.1, 0.15) is 75.8 Å². The van der Waals surface area contributed by atoms with Gasteiger partial charge in [0.2, 0.25) is 0 Å². The summed E-state index contributed by atoms with van der Waals surface area (Å²) in [5.74, 6) is -0.0446. The Labute approximate surface area is 226 Å². The maximum Gasteiger partial charge on any atom is 0.416 e. The van der Waals surface area contributed by atoms with E-state index < -0.39 is 11.7 Å². The molecule has 3 fully saturated rings. The van der Waals surface area contributed by atoms with E-state index in [9.17, 15) is 18.0 Å². The molecule has 0 bridgehead atoms. The molecule has 0 N–H and O–H groups in total. The zero-order chi connectivity index (χ0) is 27.3. The Morgan fingerprint density at radius 3 is 2.39 bits per heavy atom. The molecule has 0 spiro atoms. The van der Waals surface area contributed by atoms with Crippen LogP contribution in [0.25, 0.3) is 0 Å². The molecule has 5 nitrogen and oxygen atoms in total. The summed E-state index contributed by atoms with van der Waals surface area (Å²) in [7, 11) is 1.38. The third kappa shape index (κ3) is 6.85. The van der Waals surface area contributed by atoms with Crippen molar-refractivity contribution in [2.24, 2.45) is 11.8 Å². The van der Waals surface area contributed by atoms with Gasteiger partial charge in [-0.2, -0.15) is 13.2 Å². The average Bonchev–Trinajstić information content (AvgIpc) is 3.62. The van der Waals surface area contributed by atoms with Crippen LogP contribution in [0.3, 0.4) is 0 Å². The number of esters is 1. The van der Waals surface area contributed by atoms with Gasteiger partial charge >= 0.3 is 12.1 Å². The number of alkyl halides is 3. The van der Waals surface area contributed by atoms with Crippen molar-refractivity contribution in [3.63, 3.8) is 0 Å². The van der Waals surface area contributed by atoms with E-state index in [4.69, 9.17) is 4.74 Å². The number of ether oxygens (including phenoxy) is 1. The standard InChI is InChI=1S/C30H44F3N3O2/c1-4-5-15-35(22(2)24-14-18-36(20-24)27-8-6-7-9-27)21-25-10-11-26(30(31,32)33)19-28(25)34-16-12-23(13-17-34)29(37)38-3/h10-11,19,23-24,27H,2,4-9,12-18,20-21H2,1,3H3. The highest BCUT2D eigenvalue weighted by Crippen LogP contribution is 2.37. The quantitative estimate of drug-likeness (QED) is 0.321. The molecule has 2 saturated heterocycles. The van der Waals surface area contributed by atoms with Gasteiger partial charge in [0.05, 0.1) is 18.6 Å². The van der Waals surface area contributed by atoms with Crippen molar-refractivity contribution in [2.45, 2.75) is 83.5 Å². The minimum atomic E-state index is -4.41. The number of methoxy groups -OCH3 is 1. The number of likely N-dealkylation sites (tertiary alicyclic amines) is 1. The first-order valence-corrected chi connectivity index (χ1v) is 14.4. The van der Waals surface area contributed by atoms with Gasteiger partial charge in [0, 0.05) is 56.1 Å². The first-order chi connectivity index (χ1) is 18.2. The molecule has 1 atom stereocenters. The molecule has 0 amide bonds. The van der Waals surface area contributed by atoms with Gasteiger partial charge in [-0.3, -0.25) is 9.69 Å². The number of carbonyl (C=O) groups is 1. The Hall–Kier alpha value is -2.22. The largest absolute Gasteiger partial charge is 0.469 e. The van der Waals surface area contributed by atoms with Crippen molar-refractivity contribution < 1.29 is 22.7 Å². The Balaban J connectivity index is 1.53. The monoisotopic (exact) mass is 535 g/mol. The van der Waals surface area contributed by atoms with Gasteiger partial charge in [0.1, 0.15) is 0 Å². The summed E-state index contributed by atoms with van der Waals surface area (Å²) in [4.78, 5) is 19.0. The zero-order valence-electron chi connectivity index (χ0n) is 23.1. The number of nitrogens with zero attached hydrogens (tertiary/aromatic N) is 3. The smallest absolute Gasteiger partial charge is 0.416 e. The lowest BCUT2D eigenvalue weighted by molar-refractivity contribution is -0.146. The summed E-state index contributed by atoms with van der Waals surface area (Å²) in [5.41, 5.74) is 2.00. The summed E-state index contributed by atoms with van der Waals surface area (Å²) < 4.78 is 46.0. The minimum absolute atomic E-state index is 0.198. The van der Waals surface area contributed by atoms with Crippen molar-refractivity contribution >= 4 is 11.7 Å². The number of carbonyl (C=O) groups excluding carboxylic acids is 1. The molecule has 0 radical (unpaired) electrons. The summed E-state index contributed by atoms with van der Waals surface area (Å²) in [5, 5.41) is 0. The van der Waals surface area contributed by atoms with Gasteiger partial charge < -0.3 is 14.5 Å². The fraction of sp³-hybridized carbons (Fsp3) is 0.700. The Kier molecular flexibility index (Phi) is 9.66. The summed E-state index contributed by atoms with van der Waals surface area (Å²) in [6, 6.07) is 4.85. The van der Waals surface area contributed by atoms with Gasteiger partial charge in [-0.05, 0) is 62.8 Å². The van der Waals surface area contributed by atoms with Crippen LogP contribution in [-0.4, -0.2) is 61.6 Å². The van der Waals surface area contributed by atoms with Crippen LogP contribution >= 0.6 is 0 Å². The topological polar surface area (TPSA) is 36.0 Å². The summed E-state index contributed by atoms with van der Waals surface area (Å²) in [6.45, 7) is 11.3. The predicted octanol–water partition coefficient (Wildman–Crippen LogP) is 6.48. The molecule has 1 saturated carbocycles. The van der Waals surface area contributed by atoms with Crippen molar-refractivity contribution in [3.05, 3.63) is 41.6 Å². The van der Waals surface area contributed by atoms with Crippen molar-refractivity contribution in [2.75, 3.05) is 44.7 Å². The number of anilines is 1. The van der Waals surface area contributed by atoms with E-state index in [1.54, 1.807) is 6.07 Å². The number of halogens is 3. The normalized spacial score (nSPS) is 21.7. The lowest BCUT2D eigenvalue weighted by Gasteiger charge is -2.36. The highest BCUT2D eigenvalue weighted by molar-refractivity contribution is 5.72. The van der Waals surface area contributed by atoms with Crippen LogP contribution in [-0.2, 0) is 22.3 Å². The second-order valence-electron chi connectivity index (χ2n) is 11.3. The maximum absolute atomic E-state index is 13.7. The van der Waals surface area contributed by atoms with Gasteiger partial charge in [-0.15, -0.1) is 0 Å². The molecule has 1 aliphatic carbocycles. The first kappa shape index (κ1) is 28.8. The van der Waals surface area contributed by atoms with E-state index in [0.29, 0.717) is 50.1 Å². The number of rotatable bonds is 10. The van der Waals surface area contributed by atoms with E-state index in [1.807, 2.05) is 4.90 Å². The molecule has 2 heterocycles. The third-order valence-corrected chi connectivity index (χ3v) is 8.86. The van der Waals surface area contributed by atoms with Crippen LogP contribution < -0.4 is 4.90 Å². The van der Waals surface area contributed by atoms with Crippen molar-refractivity contribution in [3.8, 4) is 0 Å². The van der Waals surface area contributed by atoms with Gasteiger partial charge in [0.25, 0.3) is 0 Å². The van der Waals surface area contributed by atoms with Crippen molar-refractivity contribution in [1.29, 1.82) is 0 Å². The van der Waals surface area contributed by atoms with E-state index in [1.165, 1.54) is 44.9 Å². The van der Waals surface area contributed by atoms with Crippen LogP contribution in [0.2, 0.25) is 0 Å². The molecule has 1 unspecified atom stereocenters. The van der Waals surface area contributed by atoms with Crippen LogP contribution in [0.4, 0.5) is 18.9 Å². The first-order valence-electron chi connectivity index (χ1n) is 14.4. The van der Waals surface area contributed by atoms with Crippen LogP contribution in [0, 0.1) is 11.8 Å². The third-order valence-electron chi connectivity index (χ3n) is 8.86. The summed E-state index contributed by atoms with van der Waals surface area (Å²) >= 11 is 0. The highest BCUT2D eigenvalue weighted by Gasteiger charge is 2.35. The van der Waals surface area contributed by atoms with E-state index in [2.05, 4.69) is 23.3 Å². The number of piperidine rings is 1. The van der Waals surface area contributed by atoms with Crippen LogP contribution in [0.5, 0.6) is 0 Å². The molecule has 38 heavy (non-hydrogen) atoms. The molecule has 8 heteroatoms. The fourth-order valence-corrected chi connectivity index (χ4v) is 6.49. The average molecular weight is 536 g/mol. The number of hydrogen-bond donors (Lipinski definition) is 0. The lowest BCUT2D eigenvalue weighted by Crippen LogP contribution is -2.38. The zero-order valence-corrected chi connectivity index (χ0v) is 23.1. The number of benzene rings is 1. The maximum atomic E-state index is 13.7. The van der Waals surface area contributed by atoms with E-state index in [0.717, 1.165) is 50.2 Å². The molecule has 2 aliphatic heterocycles. The molecule has 212 valence electrons. The molecule has 1 aromatic carbocycles. The molecular formula is C30H44F3N3O2. The second-order valence-corrected chi connectivity index (χ2v) is 11.3. The minimum Gasteiger partial charge on any atom is -0.469 e. The Morgan fingerprint density at radius 2 is 1.76 bits per heavy atom. The Morgan fingerprint density at radius 1 is 1.08 bits per heavy atom. The molecule has 4 rings (SSSR count). The molecule has 1 aromatic rings. The van der Waals surface area contributed by atoms with Gasteiger partial charge in [-0.25, -0.2) is 0 Å². The highest BCUT2D eigenvalue weighted by atomic mass is 19.4.